The lowest BCUT2D eigenvalue weighted by molar-refractivity contribution is -0.0249. The molecule has 0 bridgehead atoms. The Bertz CT molecular complexity index is 1060. The number of imidazole rings is 1. The van der Waals surface area contributed by atoms with Crippen molar-refractivity contribution in [1.82, 2.24) is 9.97 Å². The first-order valence-corrected chi connectivity index (χ1v) is 8.61. The van der Waals surface area contributed by atoms with Gasteiger partial charge in [-0.1, -0.05) is 0 Å². The Kier molecular flexibility index (Phi) is 4.56. The quantitative estimate of drug-likeness (QED) is 0.627. The molecule has 6 nitrogen and oxygen atoms in total. The number of hydrogen-bond acceptors (Lipinski definition) is 4. The summed E-state index contributed by atoms with van der Waals surface area (Å²) in [7, 11) is 0. The molecule has 0 saturated carbocycles. The molecule has 0 aliphatic carbocycles. The molecule has 2 heterocycles. The number of hydrogen-bond donors (Lipinski definition) is 1. The minimum Gasteiger partial charge on any atom is -0.481 e. The normalized spacial score (nSPS) is 17.1. The maximum atomic E-state index is 14.4. The van der Waals surface area contributed by atoms with Crippen LogP contribution in [-0.2, 0) is 4.74 Å². The summed E-state index contributed by atoms with van der Waals surface area (Å²) in [5.74, 6) is -6.44. The van der Waals surface area contributed by atoms with Crippen molar-refractivity contribution in [3.05, 3.63) is 53.9 Å². The number of aromatic nitrogens is 2. The first kappa shape index (κ1) is 19.0. The van der Waals surface area contributed by atoms with Crippen LogP contribution in [0.15, 0.2) is 36.7 Å². The van der Waals surface area contributed by atoms with E-state index in [1.807, 2.05) is 0 Å². The molecule has 10 heteroatoms. The number of rotatable bonds is 5. The van der Waals surface area contributed by atoms with Crippen molar-refractivity contribution in [2.24, 2.45) is 0 Å². The van der Waals surface area contributed by atoms with E-state index in [-0.39, 0.29) is 12.2 Å². The van der Waals surface area contributed by atoms with Crippen LogP contribution in [-0.4, -0.2) is 35.2 Å². The van der Waals surface area contributed by atoms with Gasteiger partial charge < -0.3 is 14.5 Å². The van der Waals surface area contributed by atoms with Gasteiger partial charge in [0.2, 0.25) is 0 Å². The summed E-state index contributed by atoms with van der Waals surface area (Å²) in [5, 5.41) is 0. The fraction of sp³-hybridized carbons (Fsp3) is 0.263. The van der Waals surface area contributed by atoms with Crippen LogP contribution in [0.3, 0.4) is 0 Å². The van der Waals surface area contributed by atoms with E-state index in [2.05, 4.69) is 14.7 Å². The summed E-state index contributed by atoms with van der Waals surface area (Å²) in [4.78, 5) is 20.6. The summed E-state index contributed by atoms with van der Waals surface area (Å²) >= 11 is 0. The molecule has 0 unspecified atom stereocenters. The Balaban J connectivity index is 1.66. The summed E-state index contributed by atoms with van der Waals surface area (Å²) in [5.41, 5.74) is 1.89. The topological polar surface area (TPSA) is 67.5 Å². The van der Waals surface area contributed by atoms with Gasteiger partial charge in [-0.3, -0.25) is 4.90 Å². The van der Waals surface area contributed by atoms with E-state index in [0.717, 1.165) is 17.6 Å². The van der Waals surface area contributed by atoms with Crippen molar-refractivity contribution >= 4 is 22.8 Å². The van der Waals surface area contributed by atoms with Gasteiger partial charge in [-0.05, 0) is 35.9 Å². The second-order valence-electron chi connectivity index (χ2n) is 6.74. The zero-order valence-electron chi connectivity index (χ0n) is 15.1. The molecule has 1 atom stereocenters. The number of cyclic esters (lactones) is 1. The summed E-state index contributed by atoms with van der Waals surface area (Å²) < 4.78 is 64.2. The Hall–Kier alpha value is -3.30. The summed E-state index contributed by atoms with van der Waals surface area (Å²) in [6.07, 6.45) is 0.814. The van der Waals surface area contributed by atoms with E-state index in [4.69, 9.17) is 4.74 Å². The van der Waals surface area contributed by atoms with Crippen molar-refractivity contribution < 1.29 is 31.8 Å². The lowest BCUT2D eigenvalue weighted by atomic mass is 10.0. The Morgan fingerprint density at radius 3 is 2.69 bits per heavy atom. The number of nitrogens with one attached hydrogen (secondary N) is 1. The zero-order valence-corrected chi connectivity index (χ0v) is 15.1. The van der Waals surface area contributed by atoms with Gasteiger partial charge >= 0.3 is 6.09 Å². The molecule has 1 aromatic heterocycles. The number of H-pyrrole nitrogens is 1. The second kappa shape index (κ2) is 6.94. The Labute approximate surface area is 162 Å². The molecule has 0 spiro atoms. The Morgan fingerprint density at radius 1 is 1.28 bits per heavy atom. The molecule has 2 aromatic carbocycles. The molecular weight excluding hydrogens is 394 g/mol. The lowest BCUT2D eigenvalue weighted by Gasteiger charge is -2.22. The highest BCUT2D eigenvalue weighted by Crippen LogP contribution is 2.36. The number of benzene rings is 2. The molecule has 4 rings (SSSR count). The first-order chi connectivity index (χ1) is 13.7. The van der Waals surface area contributed by atoms with E-state index < -0.39 is 42.0 Å². The zero-order chi connectivity index (χ0) is 20.8. The maximum Gasteiger partial charge on any atom is 0.415 e. The van der Waals surface area contributed by atoms with Crippen LogP contribution in [0.25, 0.3) is 11.0 Å². The number of halogens is 4. The third kappa shape index (κ3) is 3.69. The molecule has 1 fully saturated rings. The van der Waals surface area contributed by atoms with E-state index >= 15 is 0 Å². The van der Waals surface area contributed by atoms with E-state index in [0.29, 0.717) is 18.1 Å². The van der Waals surface area contributed by atoms with Gasteiger partial charge in [0.05, 0.1) is 29.1 Å². The predicted octanol–water partition coefficient (Wildman–Crippen LogP) is 4.57. The van der Waals surface area contributed by atoms with Gasteiger partial charge in [-0.25, -0.2) is 27.3 Å². The number of fused-ring (bicyclic) bond motifs is 1. The minimum atomic E-state index is -3.25. The number of alkyl halides is 2. The van der Waals surface area contributed by atoms with Crippen LogP contribution in [0, 0.1) is 11.6 Å². The maximum absolute atomic E-state index is 14.4. The SMILES string of the molecule is CC(F)(F)COc1c(F)cc([C@H]2COC(=O)N2c2ccc3[nH]cnc3c2)cc1F. The number of amides is 1. The van der Waals surface area contributed by atoms with Gasteiger partial charge in [0.15, 0.2) is 24.0 Å². The average molecular weight is 409 g/mol. The number of nitrogens with zero attached hydrogens (tertiary/aromatic N) is 2. The van der Waals surface area contributed by atoms with Gasteiger partial charge in [-0.2, -0.15) is 0 Å². The van der Waals surface area contributed by atoms with Crippen molar-refractivity contribution in [3.63, 3.8) is 0 Å². The first-order valence-electron chi connectivity index (χ1n) is 8.61. The Morgan fingerprint density at radius 2 is 2.00 bits per heavy atom. The van der Waals surface area contributed by atoms with Gasteiger partial charge in [-0.15, -0.1) is 0 Å². The van der Waals surface area contributed by atoms with E-state index in [9.17, 15) is 22.4 Å². The third-order valence-electron chi connectivity index (χ3n) is 4.43. The fourth-order valence-corrected chi connectivity index (χ4v) is 3.13. The molecule has 3 aromatic rings. The monoisotopic (exact) mass is 409 g/mol. The summed E-state index contributed by atoms with van der Waals surface area (Å²) in [6, 6.07) is 6.07. The van der Waals surface area contributed by atoms with Crippen LogP contribution >= 0.6 is 0 Å². The van der Waals surface area contributed by atoms with E-state index in [1.165, 1.54) is 11.2 Å². The number of carbonyl (C=O) groups excluding carboxylic acids is 1. The van der Waals surface area contributed by atoms with Crippen LogP contribution in [0.4, 0.5) is 28.0 Å². The fourth-order valence-electron chi connectivity index (χ4n) is 3.13. The molecule has 1 saturated heterocycles. The second-order valence-corrected chi connectivity index (χ2v) is 6.74. The lowest BCUT2D eigenvalue weighted by Crippen LogP contribution is -2.27. The molecule has 29 heavy (non-hydrogen) atoms. The van der Waals surface area contributed by atoms with E-state index in [1.54, 1.807) is 18.2 Å². The summed E-state index contributed by atoms with van der Waals surface area (Å²) in [6.45, 7) is -0.725. The highest BCUT2D eigenvalue weighted by molar-refractivity contribution is 5.93. The van der Waals surface area contributed by atoms with Crippen LogP contribution in [0.5, 0.6) is 5.75 Å². The van der Waals surface area contributed by atoms with Crippen molar-refractivity contribution in [3.8, 4) is 5.75 Å². The molecule has 152 valence electrons. The minimum absolute atomic E-state index is 0.101. The average Bonchev–Trinajstić information content (AvgIpc) is 3.25. The molecule has 1 N–H and O–H groups in total. The standard InChI is InChI=1S/C19H15F4N3O3/c1-19(22,23)8-29-17-12(20)4-10(5-13(17)21)16-7-28-18(27)26(16)11-2-3-14-15(6-11)25-9-24-14/h2-6,9,16H,7-8H2,1H3,(H,24,25)/t16-/m1/s1. The molecule has 1 amide bonds. The molecule has 1 aliphatic heterocycles. The largest absolute Gasteiger partial charge is 0.481 e. The smallest absolute Gasteiger partial charge is 0.415 e. The predicted molar refractivity (Wildman–Crippen MR) is 95.1 cm³/mol. The number of carbonyl (C=O) groups is 1. The van der Waals surface area contributed by atoms with Crippen LogP contribution < -0.4 is 9.64 Å². The van der Waals surface area contributed by atoms with Gasteiger partial charge in [0.25, 0.3) is 5.92 Å². The van der Waals surface area contributed by atoms with Crippen molar-refractivity contribution in [2.75, 3.05) is 18.1 Å². The number of aromatic amines is 1. The molecular formula is C19H15F4N3O3. The number of anilines is 1. The van der Waals surface area contributed by atoms with Crippen molar-refractivity contribution in [2.45, 2.75) is 18.9 Å². The highest BCUT2D eigenvalue weighted by atomic mass is 19.3. The highest BCUT2D eigenvalue weighted by Gasteiger charge is 2.37. The number of ether oxygens (including phenoxy) is 2. The van der Waals surface area contributed by atoms with Crippen molar-refractivity contribution in [1.29, 1.82) is 0 Å². The van der Waals surface area contributed by atoms with Gasteiger partial charge in [0.1, 0.15) is 6.61 Å². The van der Waals surface area contributed by atoms with Gasteiger partial charge in [0, 0.05) is 6.92 Å². The van der Waals surface area contributed by atoms with Crippen LogP contribution in [0.2, 0.25) is 0 Å². The van der Waals surface area contributed by atoms with Crippen LogP contribution in [0.1, 0.15) is 18.5 Å². The third-order valence-corrected chi connectivity index (χ3v) is 4.43. The molecule has 1 aliphatic rings. The molecule has 0 radical (unpaired) electrons.